The van der Waals surface area contributed by atoms with Crippen molar-refractivity contribution in [3.05, 3.63) is 101 Å². The van der Waals surface area contributed by atoms with E-state index < -0.39 is 40.7 Å². The molecule has 0 unspecified atom stereocenters. The van der Waals surface area contributed by atoms with E-state index in [1.807, 2.05) is 0 Å². The third kappa shape index (κ3) is 5.82. The van der Waals surface area contributed by atoms with Crippen molar-refractivity contribution in [1.29, 1.82) is 0 Å². The third-order valence-corrected chi connectivity index (χ3v) is 5.35. The number of hydrazone groups is 1. The fraction of sp³-hybridized carbons (Fsp3) is 0.160. The molecule has 0 N–H and O–H groups in total. The molecule has 0 atom stereocenters. The Morgan fingerprint density at radius 2 is 1.66 bits per heavy atom. The van der Waals surface area contributed by atoms with Crippen LogP contribution in [0.1, 0.15) is 29.4 Å². The fourth-order valence-corrected chi connectivity index (χ4v) is 3.46. The molecule has 0 radical (unpaired) electrons. The molecule has 1 aliphatic rings. The molecule has 1 aliphatic heterocycles. The molecule has 2 heterocycles. The Labute approximate surface area is 210 Å². The Hall–Kier alpha value is -4.29. The van der Waals surface area contributed by atoms with Gasteiger partial charge in [0.25, 0.3) is 0 Å². The van der Waals surface area contributed by atoms with E-state index in [2.05, 4.69) is 21.8 Å². The molecule has 38 heavy (non-hydrogen) atoms. The van der Waals surface area contributed by atoms with Crippen LogP contribution in [-0.4, -0.2) is 22.1 Å². The van der Waals surface area contributed by atoms with E-state index in [9.17, 15) is 35.1 Å². The Morgan fingerprint density at radius 3 is 2.29 bits per heavy atom. The first-order valence-electron chi connectivity index (χ1n) is 10.7. The first-order chi connectivity index (χ1) is 17.7. The van der Waals surface area contributed by atoms with Gasteiger partial charge >= 0.3 is 12.4 Å². The molecular formula is C25H16F8N4O. The third-order valence-electron chi connectivity index (χ3n) is 5.35. The van der Waals surface area contributed by atoms with E-state index in [1.54, 1.807) is 0 Å². The first-order valence-corrected chi connectivity index (χ1v) is 10.7. The molecule has 3 aromatic rings. The van der Waals surface area contributed by atoms with Crippen LogP contribution >= 0.6 is 0 Å². The molecule has 13 heteroatoms. The van der Waals surface area contributed by atoms with Crippen molar-refractivity contribution in [2.75, 3.05) is 0 Å². The van der Waals surface area contributed by atoms with Crippen LogP contribution in [0.25, 0.3) is 11.3 Å². The van der Waals surface area contributed by atoms with Gasteiger partial charge in [0.05, 0.1) is 29.2 Å². The number of allylic oxidation sites excluding steroid dienone is 1. The van der Waals surface area contributed by atoms with E-state index >= 15 is 0 Å². The van der Waals surface area contributed by atoms with Gasteiger partial charge in [0.1, 0.15) is 12.2 Å². The molecule has 0 spiro atoms. The van der Waals surface area contributed by atoms with Gasteiger partial charge in [-0.15, -0.1) is 0 Å². The first kappa shape index (κ1) is 26.8. The molecular weight excluding hydrogens is 524 g/mol. The lowest BCUT2D eigenvalue weighted by molar-refractivity contribution is -0.143. The zero-order valence-electron chi connectivity index (χ0n) is 19.3. The predicted molar refractivity (Wildman–Crippen MR) is 122 cm³/mol. The van der Waals surface area contributed by atoms with Gasteiger partial charge in [-0.05, 0) is 37.3 Å². The highest BCUT2D eigenvalue weighted by molar-refractivity contribution is 6.00. The molecule has 1 aromatic heterocycles. The van der Waals surface area contributed by atoms with E-state index in [0.717, 1.165) is 6.07 Å². The minimum absolute atomic E-state index is 0.0182. The summed E-state index contributed by atoms with van der Waals surface area (Å²) < 4.78 is 112. The second-order valence-corrected chi connectivity index (χ2v) is 8.15. The largest absolute Gasteiger partial charge is 0.416 e. The molecule has 198 valence electrons. The van der Waals surface area contributed by atoms with Gasteiger partial charge in [-0.1, -0.05) is 17.8 Å². The maximum Gasteiger partial charge on any atom is 0.416 e. The van der Waals surface area contributed by atoms with Crippen LogP contribution in [0.2, 0.25) is 0 Å². The number of hydrogen-bond donors (Lipinski definition) is 0. The Kier molecular flexibility index (Phi) is 6.96. The van der Waals surface area contributed by atoms with Crippen molar-refractivity contribution in [3.63, 3.8) is 0 Å². The molecule has 0 fully saturated rings. The average molecular weight is 540 g/mol. The van der Waals surface area contributed by atoms with E-state index in [0.29, 0.717) is 17.7 Å². The minimum Gasteiger partial charge on any atom is -0.359 e. The molecule has 0 saturated carbocycles. The number of hydrogen-bond acceptors (Lipinski definition) is 5. The Morgan fingerprint density at radius 1 is 1.00 bits per heavy atom. The summed E-state index contributed by atoms with van der Waals surface area (Å²) in [4.78, 5) is 4.28. The topological polar surface area (TPSA) is 54.0 Å². The van der Waals surface area contributed by atoms with Gasteiger partial charge in [0.15, 0.2) is 17.4 Å². The van der Waals surface area contributed by atoms with Crippen LogP contribution in [0.3, 0.4) is 0 Å². The second-order valence-electron chi connectivity index (χ2n) is 8.15. The molecule has 5 nitrogen and oxygen atoms in total. The molecule has 0 aliphatic carbocycles. The summed E-state index contributed by atoms with van der Waals surface area (Å²) in [5.74, 6) is -2.05. The lowest BCUT2D eigenvalue weighted by Crippen LogP contribution is -2.15. The quantitative estimate of drug-likeness (QED) is 0.251. The second kappa shape index (κ2) is 9.88. The van der Waals surface area contributed by atoms with Crippen molar-refractivity contribution in [1.82, 2.24) is 10.2 Å². The van der Waals surface area contributed by atoms with Gasteiger partial charge in [-0.3, -0.25) is 10.0 Å². The Bertz CT molecular complexity index is 1450. The van der Waals surface area contributed by atoms with Crippen molar-refractivity contribution in [2.24, 2.45) is 10.1 Å². The number of aromatic nitrogens is 1. The summed E-state index contributed by atoms with van der Waals surface area (Å²) in [7, 11) is 0. The summed E-state index contributed by atoms with van der Waals surface area (Å²) in [5.41, 5.74) is -2.98. The maximum atomic E-state index is 14.1. The van der Waals surface area contributed by atoms with Crippen molar-refractivity contribution in [3.8, 4) is 11.3 Å². The van der Waals surface area contributed by atoms with Crippen molar-refractivity contribution >= 4 is 11.9 Å². The zero-order chi connectivity index (χ0) is 27.8. The Balaban J connectivity index is 1.60. The molecule has 0 amide bonds. The number of alkyl halides is 6. The van der Waals surface area contributed by atoms with Crippen molar-refractivity contribution < 1.29 is 39.6 Å². The molecule has 0 bridgehead atoms. The number of rotatable bonds is 5. The standard InChI is InChI=1S/C25H16F8N4O/c1-13-10-34-37(12-22(13)35-14(2)19-4-3-5-20(26)23(19)27)11-18-9-21(36-38-18)15-6-16(24(28,29)30)8-17(7-15)25(31,32)33/h3-10,12H,1,11H2,2H3. The van der Waals surface area contributed by atoms with E-state index in [4.69, 9.17) is 4.52 Å². The van der Waals surface area contributed by atoms with Gasteiger partial charge in [-0.2, -0.15) is 31.4 Å². The van der Waals surface area contributed by atoms with Crippen LogP contribution in [-0.2, 0) is 18.9 Å². The monoisotopic (exact) mass is 540 g/mol. The van der Waals surface area contributed by atoms with Crippen LogP contribution < -0.4 is 0 Å². The lowest BCUT2D eigenvalue weighted by atomic mass is 10.0. The van der Waals surface area contributed by atoms with E-state index in [1.165, 1.54) is 42.5 Å². The lowest BCUT2D eigenvalue weighted by Gasteiger charge is -2.18. The normalized spacial score (nSPS) is 14.8. The number of benzene rings is 2. The number of nitrogens with zero attached hydrogens (tertiary/aromatic N) is 4. The highest BCUT2D eigenvalue weighted by Crippen LogP contribution is 2.38. The summed E-state index contributed by atoms with van der Waals surface area (Å²) in [6.45, 7) is 5.12. The molecule has 0 saturated heterocycles. The highest BCUT2D eigenvalue weighted by atomic mass is 19.4. The number of aliphatic imine (C=N–C) groups is 1. The highest BCUT2D eigenvalue weighted by Gasteiger charge is 2.37. The van der Waals surface area contributed by atoms with E-state index in [-0.39, 0.29) is 41.0 Å². The number of halogens is 8. The summed E-state index contributed by atoms with van der Waals surface area (Å²) in [6.07, 6.45) is -7.30. The SMILES string of the molecule is C=C1C=NN(Cc2cc(-c3cc(C(F)(F)F)cc(C(F)(F)F)c3)no2)C=C1N=C(C)c1cccc(F)c1F. The molecule has 4 rings (SSSR count). The van der Waals surface area contributed by atoms with Crippen LogP contribution in [0.5, 0.6) is 0 Å². The fourth-order valence-electron chi connectivity index (χ4n) is 3.46. The van der Waals surface area contributed by atoms with Gasteiger partial charge < -0.3 is 4.52 Å². The molecule has 2 aromatic carbocycles. The predicted octanol–water partition coefficient (Wildman–Crippen LogP) is 7.37. The van der Waals surface area contributed by atoms with Gasteiger partial charge in [0.2, 0.25) is 0 Å². The van der Waals surface area contributed by atoms with Crippen LogP contribution in [0.4, 0.5) is 35.1 Å². The summed E-state index contributed by atoms with van der Waals surface area (Å²) >= 11 is 0. The smallest absolute Gasteiger partial charge is 0.359 e. The summed E-state index contributed by atoms with van der Waals surface area (Å²) in [6, 6.07) is 5.93. The van der Waals surface area contributed by atoms with Crippen molar-refractivity contribution in [2.45, 2.75) is 25.8 Å². The summed E-state index contributed by atoms with van der Waals surface area (Å²) in [5, 5.41) is 8.99. The van der Waals surface area contributed by atoms with Crippen LogP contribution in [0, 0.1) is 11.6 Å². The van der Waals surface area contributed by atoms with Gasteiger partial charge in [0, 0.05) is 28.5 Å². The van der Waals surface area contributed by atoms with Crippen LogP contribution in [0.15, 0.2) is 81.1 Å². The maximum absolute atomic E-state index is 14.1. The minimum atomic E-state index is -5.01. The van der Waals surface area contributed by atoms with Gasteiger partial charge in [-0.25, -0.2) is 8.78 Å². The zero-order valence-corrected chi connectivity index (χ0v) is 19.3. The average Bonchev–Trinajstić information content (AvgIpc) is 3.30.